The molecule has 2 aromatic heterocycles. The van der Waals surface area contributed by atoms with E-state index < -0.39 is 5.97 Å². The fraction of sp³-hybridized carbons (Fsp3) is 0.200. The van der Waals surface area contributed by atoms with Crippen LogP contribution in [-0.2, 0) is 9.53 Å². The maximum Gasteiger partial charge on any atom is 0.339 e. The van der Waals surface area contributed by atoms with Crippen molar-refractivity contribution in [3.05, 3.63) is 81.5 Å². The summed E-state index contributed by atoms with van der Waals surface area (Å²) >= 11 is 2.65. The Morgan fingerprint density at radius 3 is 2.62 bits per heavy atom. The highest BCUT2D eigenvalue weighted by Gasteiger charge is 2.29. The highest BCUT2D eigenvalue weighted by molar-refractivity contribution is 7.99. The van der Waals surface area contributed by atoms with Crippen molar-refractivity contribution in [2.24, 2.45) is 0 Å². The fourth-order valence-corrected chi connectivity index (χ4v) is 5.66. The molecule has 0 bridgehead atoms. The van der Waals surface area contributed by atoms with Gasteiger partial charge in [0.1, 0.15) is 4.83 Å². The Kier molecular flexibility index (Phi) is 6.21. The van der Waals surface area contributed by atoms with Crippen LogP contribution in [0.4, 0.5) is 5.69 Å². The van der Waals surface area contributed by atoms with Gasteiger partial charge in [0.05, 0.1) is 35.2 Å². The van der Waals surface area contributed by atoms with Crippen molar-refractivity contribution in [3.63, 3.8) is 0 Å². The molecule has 0 spiro atoms. The van der Waals surface area contributed by atoms with E-state index in [4.69, 9.17) is 9.72 Å². The van der Waals surface area contributed by atoms with Gasteiger partial charge in [-0.2, -0.15) is 0 Å². The number of ether oxygens (including phenoxy) is 1. The van der Waals surface area contributed by atoms with Gasteiger partial charge >= 0.3 is 5.97 Å². The second-order valence-electron chi connectivity index (χ2n) is 7.89. The molecule has 5 rings (SSSR count). The molecule has 2 aromatic carbocycles. The molecule has 172 valence electrons. The minimum Gasteiger partial charge on any atom is -0.465 e. The number of methoxy groups -OCH3 is 1. The van der Waals surface area contributed by atoms with Gasteiger partial charge in [-0.25, -0.2) is 9.78 Å². The Labute approximate surface area is 203 Å². The zero-order valence-corrected chi connectivity index (χ0v) is 19.9. The van der Waals surface area contributed by atoms with Crippen LogP contribution in [0.3, 0.4) is 0 Å². The van der Waals surface area contributed by atoms with Crippen LogP contribution in [0.25, 0.3) is 15.9 Å². The summed E-state index contributed by atoms with van der Waals surface area (Å²) in [5.41, 5.74) is 2.31. The van der Waals surface area contributed by atoms with Gasteiger partial charge in [0.2, 0.25) is 5.91 Å². The summed E-state index contributed by atoms with van der Waals surface area (Å²) in [4.78, 5) is 43.8. The molecule has 0 saturated heterocycles. The Balaban J connectivity index is 1.46. The standard InChI is InChI=1S/C25H21N3O4S2/c1-32-24(31)17-9-5-6-10-19(17)26-20(29)14-34-25-27-22-21(18(13-33-22)15-11-12-15)23(30)28(25)16-7-3-2-4-8-16/h2-10,13,15H,11-12,14H2,1H3,(H,26,29). The molecule has 34 heavy (non-hydrogen) atoms. The number of benzene rings is 2. The van der Waals surface area contributed by atoms with Crippen molar-refractivity contribution in [2.75, 3.05) is 18.2 Å². The van der Waals surface area contributed by atoms with Gasteiger partial charge in [0.15, 0.2) is 5.16 Å². The monoisotopic (exact) mass is 491 g/mol. The Bertz CT molecular complexity index is 1440. The summed E-state index contributed by atoms with van der Waals surface area (Å²) < 4.78 is 6.37. The van der Waals surface area contributed by atoms with Crippen LogP contribution in [0.2, 0.25) is 0 Å². The molecule has 1 aliphatic carbocycles. The molecule has 9 heteroatoms. The predicted molar refractivity (Wildman–Crippen MR) is 134 cm³/mol. The molecular weight excluding hydrogens is 470 g/mol. The largest absolute Gasteiger partial charge is 0.465 e. The first-order valence-electron chi connectivity index (χ1n) is 10.8. The third kappa shape index (κ3) is 4.36. The molecule has 7 nitrogen and oxygen atoms in total. The second kappa shape index (κ2) is 9.44. The first-order valence-corrected chi connectivity index (χ1v) is 12.6. The maximum atomic E-state index is 13.6. The summed E-state index contributed by atoms with van der Waals surface area (Å²) in [7, 11) is 1.29. The molecule has 2 heterocycles. The molecule has 4 aromatic rings. The molecule has 0 radical (unpaired) electrons. The van der Waals surface area contributed by atoms with E-state index in [0.29, 0.717) is 32.7 Å². The lowest BCUT2D eigenvalue weighted by atomic mass is 10.1. The lowest BCUT2D eigenvalue weighted by molar-refractivity contribution is -0.113. The quantitative estimate of drug-likeness (QED) is 0.226. The summed E-state index contributed by atoms with van der Waals surface area (Å²) in [6.07, 6.45) is 2.20. The average Bonchev–Trinajstić information content (AvgIpc) is 3.62. The van der Waals surface area contributed by atoms with Crippen LogP contribution in [0.15, 0.2) is 69.9 Å². The third-order valence-electron chi connectivity index (χ3n) is 5.58. The first-order chi connectivity index (χ1) is 16.6. The van der Waals surface area contributed by atoms with Crippen LogP contribution in [0.5, 0.6) is 0 Å². The van der Waals surface area contributed by atoms with Crippen molar-refractivity contribution < 1.29 is 14.3 Å². The predicted octanol–water partition coefficient (Wildman–Crippen LogP) is 4.84. The van der Waals surface area contributed by atoms with Gasteiger partial charge in [0.25, 0.3) is 5.56 Å². The molecule has 1 N–H and O–H groups in total. The van der Waals surface area contributed by atoms with Crippen molar-refractivity contribution in [3.8, 4) is 5.69 Å². The Hall–Kier alpha value is -3.43. The van der Waals surface area contributed by atoms with E-state index in [9.17, 15) is 14.4 Å². The van der Waals surface area contributed by atoms with E-state index in [2.05, 4.69) is 5.32 Å². The Morgan fingerprint density at radius 1 is 1.15 bits per heavy atom. The number of fused-ring (bicyclic) bond motifs is 1. The van der Waals surface area contributed by atoms with E-state index in [1.165, 1.54) is 30.2 Å². The van der Waals surface area contributed by atoms with Gasteiger partial charge in [-0.1, -0.05) is 42.1 Å². The number of amides is 1. The molecule has 1 amide bonds. The molecular formula is C25H21N3O4S2. The third-order valence-corrected chi connectivity index (χ3v) is 7.40. The van der Waals surface area contributed by atoms with Gasteiger partial charge in [-0.3, -0.25) is 14.2 Å². The summed E-state index contributed by atoms with van der Waals surface area (Å²) in [6, 6.07) is 16.0. The highest BCUT2D eigenvalue weighted by Crippen LogP contribution is 2.44. The van der Waals surface area contributed by atoms with Crippen molar-refractivity contribution >= 4 is 50.9 Å². The zero-order valence-electron chi connectivity index (χ0n) is 18.3. The number of esters is 1. The maximum absolute atomic E-state index is 13.6. The number of hydrogen-bond acceptors (Lipinski definition) is 7. The molecule has 0 aliphatic heterocycles. The van der Waals surface area contributed by atoms with Crippen molar-refractivity contribution in [1.82, 2.24) is 9.55 Å². The van der Waals surface area contributed by atoms with Crippen LogP contribution in [-0.4, -0.2) is 34.3 Å². The van der Waals surface area contributed by atoms with Gasteiger partial charge in [0, 0.05) is 0 Å². The first kappa shape index (κ1) is 22.4. The topological polar surface area (TPSA) is 90.3 Å². The lowest BCUT2D eigenvalue weighted by Gasteiger charge is -2.13. The Morgan fingerprint density at radius 2 is 1.88 bits per heavy atom. The number of aromatic nitrogens is 2. The number of anilines is 1. The van der Waals surface area contributed by atoms with E-state index in [0.717, 1.165) is 18.4 Å². The number of rotatable bonds is 7. The molecule has 0 unspecified atom stereocenters. The van der Waals surface area contributed by atoms with Gasteiger partial charge < -0.3 is 10.1 Å². The molecule has 1 aliphatic rings. The second-order valence-corrected chi connectivity index (χ2v) is 9.69. The van der Waals surface area contributed by atoms with Crippen LogP contribution in [0.1, 0.15) is 34.7 Å². The number of para-hydroxylation sites is 2. The average molecular weight is 492 g/mol. The number of thioether (sulfide) groups is 1. The van der Waals surface area contributed by atoms with E-state index >= 15 is 0 Å². The molecule has 1 fully saturated rings. The summed E-state index contributed by atoms with van der Waals surface area (Å²) in [5.74, 6) is -0.397. The number of hydrogen-bond donors (Lipinski definition) is 1. The van der Waals surface area contributed by atoms with Gasteiger partial charge in [-0.05, 0) is 54.0 Å². The summed E-state index contributed by atoms with van der Waals surface area (Å²) in [5, 5.41) is 5.93. The van der Waals surface area contributed by atoms with Crippen LogP contribution >= 0.6 is 23.1 Å². The van der Waals surface area contributed by atoms with E-state index in [1.807, 2.05) is 35.7 Å². The number of carbonyl (C=O) groups excluding carboxylic acids is 2. The number of nitrogens with zero attached hydrogens (tertiary/aromatic N) is 2. The normalized spacial score (nSPS) is 13.1. The SMILES string of the molecule is COC(=O)c1ccccc1NC(=O)CSc1nc2scc(C3CC3)c2c(=O)n1-c1ccccc1. The lowest BCUT2D eigenvalue weighted by Crippen LogP contribution is -2.23. The van der Waals surface area contributed by atoms with Crippen LogP contribution < -0.4 is 10.9 Å². The zero-order chi connectivity index (χ0) is 23.7. The van der Waals surface area contributed by atoms with E-state index in [-0.39, 0.29) is 22.8 Å². The number of carbonyl (C=O) groups is 2. The van der Waals surface area contributed by atoms with Crippen molar-refractivity contribution in [2.45, 2.75) is 23.9 Å². The smallest absolute Gasteiger partial charge is 0.339 e. The summed E-state index contributed by atoms with van der Waals surface area (Å²) in [6.45, 7) is 0. The number of nitrogens with one attached hydrogen (secondary N) is 1. The fourth-order valence-electron chi connectivity index (χ4n) is 3.79. The molecule has 0 atom stereocenters. The van der Waals surface area contributed by atoms with Gasteiger partial charge in [-0.15, -0.1) is 11.3 Å². The van der Waals surface area contributed by atoms with E-state index in [1.54, 1.807) is 28.8 Å². The minimum absolute atomic E-state index is 0.0150. The highest BCUT2D eigenvalue weighted by atomic mass is 32.2. The number of thiophene rings is 1. The van der Waals surface area contributed by atoms with Crippen LogP contribution in [0, 0.1) is 0 Å². The minimum atomic E-state index is -0.530. The molecule has 1 saturated carbocycles. The van der Waals surface area contributed by atoms with Crippen molar-refractivity contribution in [1.29, 1.82) is 0 Å².